The average molecular weight is 252 g/mol. The molecule has 0 aliphatic heterocycles. The van der Waals surface area contributed by atoms with E-state index in [1.54, 1.807) is 0 Å². The first-order valence-corrected chi connectivity index (χ1v) is 7.60. The van der Waals surface area contributed by atoms with Crippen LogP contribution in [0.4, 0.5) is 0 Å². The Labute approximate surface area is 112 Å². The molecule has 0 N–H and O–H groups in total. The van der Waals surface area contributed by atoms with Gasteiger partial charge in [0, 0.05) is 0 Å². The first-order valence-electron chi connectivity index (χ1n) is 7.60. The van der Waals surface area contributed by atoms with Crippen LogP contribution in [0.15, 0.2) is 12.2 Å². The van der Waals surface area contributed by atoms with E-state index in [0.717, 1.165) is 32.1 Å². The fraction of sp³-hybridized carbons (Fsp3) is 0.812. The van der Waals surface area contributed by atoms with Crippen molar-refractivity contribution in [2.45, 2.75) is 71.6 Å². The van der Waals surface area contributed by atoms with Crippen molar-refractivity contribution in [1.29, 1.82) is 0 Å². The van der Waals surface area contributed by atoms with Crippen molar-refractivity contribution < 1.29 is 9.53 Å². The van der Waals surface area contributed by atoms with Crippen molar-refractivity contribution >= 4 is 5.97 Å². The number of ether oxygens (including phenoxy) is 1. The van der Waals surface area contributed by atoms with Gasteiger partial charge in [0.25, 0.3) is 0 Å². The van der Waals surface area contributed by atoms with Crippen LogP contribution in [0.5, 0.6) is 0 Å². The Bertz CT molecular complexity index is 262. The number of unbranched alkanes of at least 4 members (excludes halogenated alkanes) is 4. The zero-order valence-electron chi connectivity index (χ0n) is 12.0. The molecule has 1 saturated carbocycles. The minimum Gasteiger partial charge on any atom is -0.465 e. The smallest absolute Gasteiger partial charge is 0.315 e. The molecule has 0 heterocycles. The van der Waals surface area contributed by atoms with Gasteiger partial charge in [-0.25, -0.2) is 0 Å². The second kappa shape index (κ2) is 8.34. The standard InChI is InChI=1S/C16H28O2/c1-3-5-6-7-8-9-12-16(13-10-11-14-16)15(17)18-4-2/h9,12H,3-8,10-11,13-14H2,1-2H3. The molecule has 0 spiro atoms. The summed E-state index contributed by atoms with van der Waals surface area (Å²) in [6.45, 7) is 4.60. The second-order valence-corrected chi connectivity index (χ2v) is 5.34. The highest BCUT2D eigenvalue weighted by atomic mass is 16.5. The zero-order chi connectivity index (χ0) is 13.3. The summed E-state index contributed by atoms with van der Waals surface area (Å²) in [4.78, 5) is 12.1. The maximum Gasteiger partial charge on any atom is 0.315 e. The number of hydrogen-bond acceptors (Lipinski definition) is 2. The van der Waals surface area contributed by atoms with Gasteiger partial charge in [0.1, 0.15) is 0 Å². The summed E-state index contributed by atoms with van der Waals surface area (Å²) in [6.07, 6.45) is 14.8. The molecule has 1 aliphatic carbocycles. The zero-order valence-corrected chi connectivity index (χ0v) is 12.0. The lowest BCUT2D eigenvalue weighted by atomic mass is 9.85. The van der Waals surface area contributed by atoms with Crippen LogP contribution in [0.2, 0.25) is 0 Å². The lowest BCUT2D eigenvalue weighted by Gasteiger charge is -2.22. The summed E-state index contributed by atoms with van der Waals surface area (Å²) >= 11 is 0. The van der Waals surface area contributed by atoms with E-state index >= 15 is 0 Å². The Morgan fingerprint density at radius 2 is 1.89 bits per heavy atom. The van der Waals surface area contributed by atoms with E-state index in [2.05, 4.69) is 19.1 Å². The van der Waals surface area contributed by atoms with Crippen LogP contribution in [0.25, 0.3) is 0 Å². The van der Waals surface area contributed by atoms with Crippen LogP contribution in [0.3, 0.4) is 0 Å². The largest absolute Gasteiger partial charge is 0.465 e. The van der Waals surface area contributed by atoms with Crippen LogP contribution in [0.1, 0.15) is 71.6 Å². The molecular weight excluding hydrogens is 224 g/mol. The first-order chi connectivity index (χ1) is 8.75. The Morgan fingerprint density at radius 3 is 2.50 bits per heavy atom. The maximum absolute atomic E-state index is 12.1. The molecule has 0 bridgehead atoms. The molecule has 0 amide bonds. The molecule has 0 aromatic heterocycles. The number of esters is 1. The van der Waals surface area contributed by atoms with Gasteiger partial charge in [0.15, 0.2) is 0 Å². The molecule has 0 radical (unpaired) electrons. The van der Waals surface area contributed by atoms with E-state index in [-0.39, 0.29) is 11.4 Å². The molecule has 1 aliphatic rings. The van der Waals surface area contributed by atoms with E-state index in [1.165, 1.54) is 25.7 Å². The van der Waals surface area contributed by atoms with Gasteiger partial charge in [-0.3, -0.25) is 4.79 Å². The molecule has 104 valence electrons. The van der Waals surface area contributed by atoms with Crippen molar-refractivity contribution in [3.8, 4) is 0 Å². The minimum atomic E-state index is -0.291. The van der Waals surface area contributed by atoms with Crippen LogP contribution in [0, 0.1) is 5.41 Å². The van der Waals surface area contributed by atoms with E-state index in [1.807, 2.05) is 6.92 Å². The van der Waals surface area contributed by atoms with Gasteiger partial charge >= 0.3 is 5.97 Å². The Hall–Kier alpha value is -0.790. The Kier molecular flexibility index (Phi) is 7.07. The molecule has 0 atom stereocenters. The van der Waals surface area contributed by atoms with Crippen LogP contribution >= 0.6 is 0 Å². The molecule has 18 heavy (non-hydrogen) atoms. The number of rotatable bonds is 8. The highest BCUT2D eigenvalue weighted by Crippen LogP contribution is 2.40. The molecule has 0 aromatic rings. The normalized spacial score (nSPS) is 18.3. The lowest BCUT2D eigenvalue weighted by molar-refractivity contribution is -0.152. The number of carbonyl (C=O) groups excluding carboxylic acids is 1. The number of hydrogen-bond donors (Lipinski definition) is 0. The molecule has 2 heteroatoms. The molecule has 1 fully saturated rings. The highest BCUT2D eigenvalue weighted by Gasteiger charge is 2.39. The van der Waals surface area contributed by atoms with E-state index in [0.29, 0.717) is 6.61 Å². The van der Waals surface area contributed by atoms with Crippen molar-refractivity contribution in [3.63, 3.8) is 0 Å². The van der Waals surface area contributed by atoms with Gasteiger partial charge in [-0.2, -0.15) is 0 Å². The average Bonchev–Trinajstić information content (AvgIpc) is 2.84. The maximum atomic E-state index is 12.1. The fourth-order valence-electron chi connectivity index (χ4n) is 2.72. The third-order valence-corrected chi connectivity index (χ3v) is 3.84. The molecular formula is C16H28O2. The number of allylic oxidation sites excluding steroid dienone is 1. The molecule has 0 aromatic carbocycles. The summed E-state index contributed by atoms with van der Waals surface area (Å²) in [7, 11) is 0. The molecule has 0 saturated heterocycles. The summed E-state index contributed by atoms with van der Waals surface area (Å²) < 4.78 is 5.23. The summed E-state index contributed by atoms with van der Waals surface area (Å²) in [5.41, 5.74) is -0.291. The highest BCUT2D eigenvalue weighted by molar-refractivity contribution is 5.79. The summed E-state index contributed by atoms with van der Waals surface area (Å²) in [6, 6.07) is 0. The van der Waals surface area contributed by atoms with Gasteiger partial charge in [0.05, 0.1) is 12.0 Å². The van der Waals surface area contributed by atoms with Crippen molar-refractivity contribution in [2.75, 3.05) is 6.61 Å². The van der Waals surface area contributed by atoms with Gasteiger partial charge in [-0.15, -0.1) is 0 Å². The van der Waals surface area contributed by atoms with Gasteiger partial charge in [-0.1, -0.05) is 51.2 Å². The SMILES string of the molecule is CCCCCCC=CC1(C(=O)OCC)CCCC1. The van der Waals surface area contributed by atoms with E-state index in [4.69, 9.17) is 4.74 Å². The van der Waals surface area contributed by atoms with E-state index < -0.39 is 0 Å². The Balaban J connectivity index is 2.42. The fourth-order valence-corrected chi connectivity index (χ4v) is 2.72. The van der Waals surface area contributed by atoms with Crippen LogP contribution < -0.4 is 0 Å². The number of carbonyl (C=O) groups is 1. The molecule has 1 rings (SSSR count). The molecule has 2 nitrogen and oxygen atoms in total. The van der Waals surface area contributed by atoms with Crippen molar-refractivity contribution in [3.05, 3.63) is 12.2 Å². The predicted molar refractivity (Wildman–Crippen MR) is 75.4 cm³/mol. The Morgan fingerprint density at radius 1 is 1.17 bits per heavy atom. The molecule has 0 unspecified atom stereocenters. The van der Waals surface area contributed by atoms with E-state index in [9.17, 15) is 4.79 Å². The summed E-state index contributed by atoms with van der Waals surface area (Å²) in [5.74, 6) is -0.00712. The van der Waals surface area contributed by atoms with Gasteiger partial charge < -0.3 is 4.74 Å². The van der Waals surface area contributed by atoms with Gasteiger partial charge in [-0.05, 0) is 32.6 Å². The minimum absolute atomic E-state index is 0.00712. The quantitative estimate of drug-likeness (QED) is 0.357. The van der Waals surface area contributed by atoms with Gasteiger partial charge in [0.2, 0.25) is 0 Å². The lowest BCUT2D eigenvalue weighted by Crippen LogP contribution is -2.28. The predicted octanol–water partition coefficient (Wildman–Crippen LogP) is 4.64. The van der Waals surface area contributed by atoms with Crippen molar-refractivity contribution in [1.82, 2.24) is 0 Å². The first kappa shape index (κ1) is 15.3. The van der Waals surface area contributed by atoms with Crippen molar-refractivity contribution in [2.24, 2.45) is 5.41 Å². The monoisotopic (exact) mass is 252 g/mol. The topological polar surface area (TPSA) is 26.3 Å². The van der Waals surface area contributed by atoms with Crippen LogP contribution in [-0.2, 0) is 9.53 Å². The second-order valence-electron chi connectivity index (χ2n) is 5.34. The summed E-state index contributed by atoms with van der Waals surface area (Å²) in [5, 5.41) is 0. The third-order valence-electron chi connectivity index (χ3n) is 3.84. The third kappa shape index (κ3) is 4.47. The van der Waals surface area contributed by atoms with Crippen LogP contribution in [-0.4, -0.2) is 12.6 Å².